The van der Waals surface area contributed by atoms with Gasteiger partial charge in [-0.2, -0.15) is 0 Å². The van der Waals surface area contributed by atoms with Crippen LogP contribution >= 0.6 is 11.6 Å². The van der Waals surface area contributed by atoms with E-state index in [4.69, 9.17) is 17.3 Å². The second kappa shape index (κ2) is 6.33. The highest BCUT2D eigenvalue weighted by molar-refractivity contribution is 6.33. The summed E-state index contributed by atoms with van der Waals surface area (Å²) in [5.74, 6) is 0. The van der Waals surface area contributed by atoms with E-state index in [1.54, 1.807) is 0 Å². The molecule has 1 aromatic carbocycles. The van der Waals surface area contributed by atoms with Gasteiger partial charge >= 0.3 is 0 Å². The van der Waals surface area contributed by atoms with Gasteiger partial charge in [0.1, 0.15) is 0 Å². The molecule has 0 aliphatic carbocycles. The average molecular weight is 294 g/mol. The molecule has 0 aromatic heterocycles. The summed E-state index contributed by atoms with van der Waals surface area (Å²) in [4.78, 5) is 5.24. The first-order chi connectivity index (χ1) is 9.72. The van der Waals surface area contributed by atoms with Gasteiger partial charge in [-0.05, 0) is 50.0 Å². The number of rotatable bonds is 3. The Hall–Kier alpha value is -0.770. The Morgan fingerprint density at radius 2 is 1.95 bits per heavy atom. The zero-order valence-electron chi connectivity index (χ0n) is 12.0. The predicted molar refractivity (Wildman–Crippen MR) is 85.0 cm³/mol. The van der Waals surface area contributed by atoms with Crippen LogP contribution in [-0.2, 0) is 6.54 Å². The highest BCUT2D eigenvalue weighted by Crippen LogP contribution is 2.24. The van der Waals surface area contributed by atoms with E-state index < -0.39 is 0 Å². The monoisotopic (exact) mass is 293 g/mol. The number of nitrogen functional groups attached to an aromatic ring is 1. The molecular weight excluding hydrogens is 270 g/mol. The van der Waals surface area contributed by atoms with Crippen molar-refractivity contribution in [1.29, 1.82) is 0 Å². The van der Waals surface area contributed by atoms with Gasteiger partial charge in [-0.1, -0.05) is 24.1 Å². The van der Waals surface area contributed by atoms with Gasteiger partial charge < -0.3 is 5.73 Å². The zero-order valence-corrected chi connectivity index (χ0v) is 12.8. The summed E-state index contributed by atoms with van der Waals surface area (Å²) in [5.41, 5.74) is 7.70. The number of anilines is 1. The van der Waals surface area contributed by atoms with E-state index in [2.05, 4.69) is 15.9 Å². The summed E-state index contributed by atoms with van der Waals surface area (Å²) in [7, 11) is 0. The fraction of sp³-hybridized carbons (Fsp3) is 0.625. The number of hydrogen-bond acceptors (Lipinski definition) is 3. The molecule has 1 aromatic rings. The molecule has 1 unspecified atom stereocenters. The molecule has 0 radical (unpaired) electrons. The van der Waals surface area contributed by atoms with Gasteiger partial charge in [0.15, 0.2) is 0 Å². The van der Waals surface area contributed by atoms with E-state index in [9.17, 15) is 0 Å². The fourth-order valence-corrected chi connectivity index (χ4v) is 3.67. The number of halogens is 1. The third-order valence-corrected chi connectivity index (χ3v) is 4.95. The molecule has 2 heterocycles. The first-order valence-electron chi connectivity index (χ1n) is 7.73. The minimum Gasteiger partial charge on any atom is -0.398 e. The summed E-state index contributed by atoms with van der Waals surface area (Å²) in [6.45, 7) is 5.98. The maximum atomic E-state index is 6.10. The second-order valence-electron chi connectivity index (χ2n) is 6.13. The Kier molecular flexibility index (Phi) is 4.49. The molecule has 2 aliphatic heterocycles. The Morgan fingerprint density at radius 1 is 1.15 bits per heavy atom. The lowest BCUT2D eigenvalue weighted by Crippen LogP contribution is -2.40. The Balaban J connectivity index is 1.55. The summed E-state index contributed by atoms with van der Waals surface area (Å²) >= 11 is 6.10. The lowest BCUT2D eigenvalue weighted by Gasteiger charge is -2.32. The fourth-order valence-electron chi connectivity index (χ4n) is 3.46. The van der Waals surface area contributed by atoms with E-state index in [-0.39, 0.29) is 0 Å². The number of nitrogens with two attached hydrogens (primary N) is 1. The zero-order chi connectivity index (χ0) is 13.9. The minimum absolute atomic E-state index is 0.669. The van der Waals surface area contributed by atoms with Crippen LogP contribution in [0.25, 0.3) is 0 Å². The normalized spacial score (nSPS) is 25.1. The van der Waals surface area contributed by atoms with Crippen molar-refractivity contribution < 1.29 is 0 Å². The van der Waals surface area contributed by atoms with Gasteiger partial charge in [0.25, 0.3) is 0 Å². The molecule has 0 spiro atoms. The summed E-state index contributed by atoms with van der Waals surface area (Å²) in [6.07, 6.45) is 5.48. The lowest BCUT2D eigenvalue weighted by atomic mass is 10.1. The third-order valence-electron chi connectivity index (χ3n) is 4.63. The molecular formula is C16H24ClN3. The summed E-state index contributed by atoms with van der Waals surface area (Å²) < 4.78 is 0. The molecule has 0 bridgehead atoms. The van der Waals surface area contributed by atoms with Crippen molar-refractivity contribution in [3.8, 4) is 0 Å². The number of hydrogen-bond donors (Lipinski definition) is 1. The Bertz CT molecular complexity index is 457. The van der Waals surface area contributed by atoms with Gasteiger partial charge in [0, 0.05) is 25.7 Å². The van der Waals surface area contributed by atoms with Crippen LogP contribution in [0.5, 0.6) is 0 Å². The van der Waals surface area contributed by atoms with E-state index in [0.29, 0.717) is 10.7 Å². The predicted octanol–water partition coefficient (Wildman–Crippen LogP) is 2.98. The molecule has 2 aliphatic rings. The van der Waals surface area contributed by atoms with Crippen molar-refractivity contribution in [1.82, 2.24) is 9.80 Å². The van der Waals surface area contributed by atoms with Crippen molar-refractivity contribution in [3.05, 3.63) is 28.8 Å². The van der Waals surface area contributed by atoms with E-state index >= 15 is 0 Å². The van der Waals surface area contributed by atoms with Crippen molar-refractivity contribution >= 4 is 17.3 Å². The van der Waals surface area contributed by atoms with Gasteiger partial charge in [-0.25, -0.2) is 0 Å². The van der Waals surface area contributed by atoms with Gasteiger partial charge in [0.2, 0.25) is 0 Å². The first kappa shape index (κ1) is 14.2. The highest BCUT2D eigenvalue weighted by atomic mass is 35.5. The van der Waals surface area contributed by atoms with Crippen LogP contribution in [0.1, 0.15) is 31.2 Å². The van der Waals surface area contributed by atoms with E-state index in [1.807, 2.05) is 12.1 Å². The van der Waals surface area contributed by atoms with Crippen LogP contribution in [0.2, 0.25) is 5.02 Å². The largest absolute Gasteiger partial charge is 0.398 e. The van der Waals surface area contributed by atoms with Crippen LogP contribution in [0.4, 0.5) is 5.69 Å². The third kappa shape index (κ3) is 3.27. The van der Waals surface area contributed by atoms with Crippen molar-refractivity contribution in [2.75, 3.05) is 31.9 Å². The number of nitrogens with zero attached hydrogens (tertiary/aromatic N) is 2. The molecule has 3 rings (SSSR count). The van der Waals surface area contributed by atoms with Crippen molar-refractivity contribution in [2.24, 2.45) is 0 Å². The van der Waals surface area contributed by atoms with E-state index in [0.717, 1.165) is 12.6 Å². The highest BCUT2D eigenvalue weighted by Gasteiger charge is 2.28. The van der Waals surface area contributed by atoms with Crippen LogP contribution in [0.3, 0.4) is 0 Å². The van der Waals surface area contributed by atoms with Crippen LogP contribution in [0, 0.1) is 0 Å². The summed E-state index contributed by atoms with van der Waals surface area (Å²) in [6, 6.07) is 6.77. The standard InChI is InChI=1S/C16H24ClN3/c17-15-10-13(4-5-16(15)18)11-19-9-6-14(12-19)20-7-2-1-3-8-20/h4-5,10,14H,1-3,6-9,11-12,18H2. The van der Waals surface area contributed by atoms with Gasteiger partial charge in [-0.3, -0.25) is 9.80 Å². The van der Waals surface area contributed by atoms with Gasteiger partial charge in [0.05, 0.1) is 10.7 Å². The molecule has 0 saturated carbocycles. The smallest absolute Gasteiger partial charge is 0.0638 e. The molecule has 1 atom stereocenters. The molecule has 3 nitrogen and oxygen atoms in total. The molecule has 20 heavy (non-hydrogen) atoms. The van der Waals surface area contributed by atoms with Crippen LogP contribution in [0.15, 0.2) is 18.2 Å². The maximum absolute atomic E-state index is 6.10. The first-order valence-corrected chi connectivity index (χ1v) is 8.10. The van der Waals surface area contributed by atoms with Crippen LogP contribution in [-0.4, -0.2) is 42.0 Å². The Labute approximate surface area is 126 Å². The summed E-state index contributed by atoms with van der Waals surface area (Å²) in [5, 5.41) is 0.675. The van der Waals surface area contributed by atoms with Crippen LogP contribution < -0.4 is 5.73 Å². The number of piperidine rings is 1. The Morgan fingerprint density at radius 3 is 2.70 bits per heavy atom. The molecule has 2 fully saturated rings. The van der Waals surface area contributed by atoms with Crippen molar-refractivity contribution in [2.45, 2.75) is 38.3 Å². The molecule has 110 valence electrons. The molecule has 0 amide bonds. The molecule has 4 heteroatoms. The topological polar surface area (TPSA) is 32.5 Å². The maximum Gasteiger partial charge on any atom is 0.0638 e. The van der Waals surface area contributed by atoms with Gasteiger partial charge in [-0.15, -0.1) is 0 Å². The number of likely N-dealkylation sites (tertiary alicyclic amines) is 2. The SMILES string of the molecule is Nc1ccc(CN2CCC(N3CCCCC3)C2)cc1Cl. The quantitative estimate of drug-likeness (QED) is 0.870. The molecule has 2 N–H and O–H groups in total. The minimum atomic E-state index is 0.669. The van der Waals surface area contributed by atoms with Crippen molar-refractivity contribution in [3.63, 3.8) is 0 Å². The average Bonchev–Trinajstić information content (AvgIpc) is 2.92. The van der Waals surface area contributed by atoms with E-state index in [1.165, 1.54) is 57.4 Å². The molecule has 2 saturated heterocycles. The number of benzene rings is 1. The lowest BCUT2D eigenvalue weighted by molar-refractivity contribution is 0.161. The second-order valence-corrected chi connectivity index (χ2v) is 6.54.